The van der Waals surface area contributed by atoms with Crippen molar-refractivity contribution in [1.82, 2.24) is 10.2 Å². The van der Waals surface area contributed by atoms with Gasteiger partial charge in [0, 0.05) is 26.3 Å². The van der Waals surface area contributed by atoms with Crippen LogP contribution in [0, 0.1) is 5.41 Å². The third-order valence-corrected chi connectivity index (χ3v) is 4.75. The summed E-state index contributed by atoms with van der Waals surface area (Å²) in [5.41, 5.74) is 0.295. The number of carbonyl (C=O) groups excluding carboxylic acids is 1. The van der Waals surface area contributed by atoms with Crippen LogP contribution >= 0.6 is 15.9 Å². The maximum Gasteiger partial charge on any atom is 0.317 e. The number of furan rings is 1. The lowest BCUT2D eigenvalue weighted by atomic mass is 9.80. The number of amides is 2. The molecule has 0 radical (unpaired) electrons. The first-order chi connectivity index (χ1) is 9.67. The van der Waals surface area contributed by atoms with E-state index in [4.69, 9.17) is 9.15 Å². The Morgan fingerprint density at radius 2 is 2.15 bits per heavy atom. The number of hydrogen-bond donors (Lipinski definition) is 1. The van der Waals surface area contributed by atoms with E-state index in [0.29, 0.717) is 16.6 Å². The largest absolute Gasteiger partial charge is 0.452 e. The number of ether oxygens (including phenoxy) is 1. The number of carbonyl (C=O) groups is 1. The highest BCUT2D eigenvalue weighted by atomic mass is 79.9. The lowest BCUT2D eigenvalue weighted by molar-refractivity contribution is 0.0208. The van der Waals surface area contributed by atoms with E-state index in [2.05, 4.69) is 21.2 Å². The summed E-state index contributed by atoms with van der Waals surface area (Å²) in [5, 5.41) is 2.92. The Balaban J connectivity index is 1.51. The molecule has 3 rings (SSSR count). The maximum absolute atomic E-state index is 12.2. The predicted molar refractivity (Wildman–Crippen MR) is 77.3 cm³/mol. The second-order valence-corrected chi connectivity index (χ2v) is 6.43. The first-order valence-electron chi connectivity index (χ1n) is 7.02. The van der Waals surface area contributed by atoms with Crippen molar-refractivity contribution in [2.45, 2.75) is 25.8 Å². The van der Waals surface area contributed by atoms with Gasteiger partial charge < -0.3 is 19.4 Å². The molecule has 110 valence electrons. The van der Waals surface area contributed by atoms with E-state index in [0.717, 1.165) is 51.3 Å². The van der Waals surface area contributed by atoms with E-state index >= 15 is 0 Å². The molecule has 5 nitrogen and oxygen atoms in total. The third kappa shape index (κ3) is 3.01. The average Bonchev–Trinajstić information content (AvgIpc) is 3.04. The fourth-order valence-corrected chi connectivity index (χ4v) is 3.38. The third-order valence-electron chi connectivity index (χ3n) is 4.32. The number of likely N-dealkylation sites (tertiary alicyclic amines) is 1. The number of halogens is 1. The van der Waals surface area contributed by atoms with Crippen molar-refractivity contribution in [3.05, 3.63) is 22.6 Å². The summed E-state index contributed by atoms with van der Waals surface area (Å²) < 4.78 is 11.5. The van der Waals surface area contributed by atoms with Gasteiger partial charge in [-0.3, -0.25) is 0 Å². The summed E-state index contributed by atoms with van der Waals surface area (Å²) in [6.07, 6.45) is 3.24. The van der Waals surface area contributed by atoms with Crippen molar-refractivity contribution in [3.63, 3.8) is 0 Å². The van der Waals surface area contributed by atoms with Crippen LogP contribution in [0.1, 0.15) is 25.0 Å². The molecule has 3 heterocycles. The predicted octanol–water partition coefficient (Wildman–Crippen LogP) is 2.75. The van der Waals surface area contributed by atoms with Gasteiger partial charge in [-0.2, -0.15) is 0 Å². The van der Waals surface area contributed by atoms with Crippen LogP contribution in [0.2, 0.25) is 0 Å². The number of urea groups is 1. The van der Waals surface area contributed by atoms with Crippen LogP contribution in [0.3, 0.4) is 0 Å². The van der Waals surface area contributed by atoms with Gasteiger partial charge in [-0.1, -0.05) is 0 Å². The van der Waals surface area contributed by atoms with Crippen LogP contribution in [0.4, 0.5) is 4.79 Å². The molecule has 0 aromatic carbocycles. The van der Waals surface area contributed by atoms with Gasteiger partial charge in [-0.25, -0.2) is 4.79 Å². The normalized spacial score (nSPS) is 21.4. The molecule has 0 unspecified atom stereocenters. The first-order valence-corrected chi connectivity index (χ1v) is 7.81. The van der Waals surface area contributed by atoms with E-state index in [1.165, 1.54) is 0 Å². The number of nitrogens with one attached hydrogen (secondary N) is 1. The molecule has 2 aliphatic rings. The minimum atomic E-state index is 0.000823. The summed E-state index contributed by atoms with van der Waals surface area (Å²) in [7, 11) is 0. The van der Waals surface area contributed by atoms with Crippen molar-refractivity contribution < 1.29 is 13.9 Å². The number of hydrogen-bond acceptors (Lipinski definition) is 3. The molecule has 1 aromatic rings. The molecule has 2 amide bonds. The van der Waals surface area contributed by atoms with Gasteiger partial charge in [-0.05, 0) is 52.7 Å². The molecule has 0 bridgehead atoms. The summed E-state index contributed by atoms with van der Waals surface area (Å²) in [5.74, 6) is 0.755. The molecule has 2 fully saturated rings. The molecular formula is C14H19BrN2O3. The van der Waals surface area contributed by atoms with E-state index in [1.807, 2.05) is 17.0 Å². The molecule has 0 atom stereocenters. The van der Waals surface area contributed by atoms with Gasteiger partial charge in [0.25, 0.3) is 0 Å². The van der Waals surface area contributed by atoms with E-state index in [-0.39, 0.29) is 6.03 Å². The number of rotatable bonds is 2. The van der Waals surface area contributed by atoms with E-state index < -0.39 is 0 Å². The summed E-state index contributed by atoms with van der Waals surface area (Å²) in [6, 6.07) is 3.68. The summed E-state index contributed by atoms with van der Waals surface area (Å²) in [4.78, 5) is 14.1. The monoisotopic (exact) mass is 342 g/mol. The smallest absolute Gasteiger partial charge is 0.317 e. The van der Waals surface area contributed by atoms with Crippen LogP contribution < -0.4 is 5.32 Å². The van der Waals surface area contributed by atoms with Crippen LogP contribution in [0.25, 0.3) is 0 Å². The molecule has 20 heavy (non-hydrogen) atoms. The van der Waals surface area contributed by atoms with Gasteiger partial charge in [0.15, 0.2) is 4.67 Å². The molecule has 1 N–H and O–H groups in total. The Morgan fingerprint density at radius 3 is 2.85 bits per heavy atom. The van der Waals surface area contributed by atoms with Crippen LogP contribution in [0.15, 0.2) is 21.2 Å². The molecule has 2 saturated heterocycles. The quantitative estimate of drug-likeness (QED) is 0.898. The zero-order chi connectivity index (χ0) is 14.0. The Kier molecular flexibility index (Phi) is 4.03. The molecule has 2 aliphatic heterocycles. The van der Waals surface area contributed by atoms with Crippen LogP contribution in [-0.2, 0) is 11.3 Å². The van der Waals surface area contributed by atoms with Crippen LogP contribution in [0.5, 0.6) is 0 Å². The highest BCUT2D eigenvalue weighted by Crippen LogP contribution is 2.39. The first kappa shape index (κ1) is 13.9. The molecule has 0 aliphatic carbocycles. The highest BCUT2D eigenvalue weighted by Gasteiger charge is 2.40. The van der Waals surface area contributed by atoms with Gasteiger partial charge in [0.05, 0.1) is 6.54 Å². The van der Waals surface area contributed by atoms with Crippen molar-refractivity contribution in [2.24, 2.45) is 5.41 Å². The minimum absolute atomic E-state index is 0.000823. The zero-order valence-electron chi connectivity index (χ0n) is 11.4. The molecule has 0 saturated carbocycles. The topological polar surface area (TPSA) is 54.7 Å². The molecule has 1 aromatic heterocycles. The second kappa shape index (κ2) is 5.77. The SMILES string of the molecule is O=C(NCc1ccc(Br)o1)N1CCC2(CCOCC2)C1. The second-order valence-electron chi connectivity index (χ2n) is 5.65. The van der Waals surface area contributed by atoms with Crippen molar-refractivity contribution in [1.29, 1.82) is 0 Å². The summed E-state index contributed by atoms with van der Waals surface area (Å²) in [6.45, 7) is 3.78. The lowest BCUT2D eigenvalue weighted by Gasteiger charge is -2.33. The lowest BCUT2D eigenvalue weighted by Crippen LogP contribution is -2.40. The Bertz CT molecular complexity index is 483. The number of nitrogens with zero attached hydrogens (tertiary/aromatic N) is 1. The fraction of sp³-hybridized carbons (Fsp3) is 0.643. The standard InChI is InChI=1S/C14H19BrN2O3/c15-12-2-1-11(20-12)9-16-13(18)17-6-3-14(10-17)4-7-19-8-5-14/h1-2H,3-10H2,(H,16,18). The van der Waals surface area contributed by atoms with Crippen molar-refractivity contribution in [2.75, 3.05) is 26.3 Å². The van der Waals surface area contributed by atoms with Crippen molar-refractivity contribution in [3.8, 4) is 0 Å². The van der Waals surface area contributed by atoms with E-state index in [1.54, 1.807) is 0 Å². The van der Waals surface area contributed by atoms with Gasteiger partial charge in [-0.15, -0.1) is 0 Å². The van der Waals surface area contributed by atoms with Crippen LogP contribution in [-0.4, -0.2) is 37.2 Å². The minimum Gasteiger partial charge on any atom is -0.452 e. The van der Waals surface area contributed by atoms with Gasteiger partial charge in [0.2, 0.25) is 0 Å². The Morgan fingerprint density at radius 1 is 1.35 bits per heavy atom. The van der Waals surface area contributed by atoms with Crippen molar-refractivity contribution >= 4 is 22.0 Å². The molecular weight excluding hydrogens is 324 g/mol. The van der Waals surface area contributed by atoms with Gasteiger partial charge >= 0.3 is 6.03 Å². The molecule has 1 spiro atoms. The van der Waals surface area contributed by atoms with E-state index in [9.17, 15) is 4.79 Å². The Hall–Kier alpha value is -1.01. The maximum atomic E-state index is 12.2. The van der Waals surface area contributed by atoms with Gasteiger partial charge in [0.1, 0.15) is 5.76 Å². The highest BCUT2D eigenvalue weighted by molar-refractivity contribution is 9.10. The Labute approximate surface area is 126 Å². The zero-order valence-corrected chi connectivity index (χ0v) is 12.9. The fourth-order valence-electron chi connectivity index (χ4n) is 3.04. The average molecular weight is 343 g/mol. The molecule has 6 heteroatoms. The summed E-state index contributed by atoms with van der Waals surface area (Å²) >= 11 is 3.25.